The average molecular weight is 318 g/mol. The number of hydrogen-bond acceptors (Lipinski definition) is 5. The van der Waals surface area contributed by atoms with Gasteiger partial charge in [-0.1, -0.05) is 0 Å². The summed E-state index contributed by atoms with van der Waals surface area (Å²) in [5.74, 6) is -0.834. The van der Waals surface area contributed by atoms with Crippen molar-refractivity contribution in [3.8, 4) is 0 Å². The zero-order valence-corrected chi connectivity index (χ0v) is 13.1. The van der Waals surface area contributed by atoms with Crippen LogP contribution in [0.15, 0.2) is 0 Å². The molecule has 21 heavy (non-hydrogen) atoms. The quantitative estimate of drug-likeness (QED) is 0.939. The summed E-state index contributed by atoms with van der Waals surface area (Å²) in [5, 5.41) is 3.68. The van der Waals surface area contributed by atoms with Crippen molar-refractivity contribution < 1.29 is 13.2 Å². The number of aryl methyl sites for hydroxylation is 2. The van der Waals surface area contributed by atoms with Gasteiger partial charge in [-0.05, 0) is 33.5 Å². The first-order chi connectivity index (χ1) is 9.70. The van der Waals surface area contributed by atoms with Gasteiger partial charge in [-0.15, -0.1) is 11.3 Å². The number of nitrogens with one attached hydrogen (secondary N) is 1. The van der Waals surface area contributed by atoms with Gasteiger partial charge >= 0.3 is 6.18 Å². The Hall–Kier alpha value is -1.41. The molecule has 0 aromatic carbocycles. The van der Waals surface area contributed by atoms with E-state index in [1.54, 1.807) is 0 Å². The molecule has 0 saturated heterocycles. The minimum atomic E-state index is -4.54. The molecule has 0 saturated carbocycles. The Morgan fingerprint density at radius 1 is 1.19 bits per heavy atom. The first-order valence-electron chi connectivity index (χ1n) is 6.43. The van der Waals surface area contributed by atoms with Gasteiger partial charge in [0, 0.05) is 18.0 Å². The van der Waals surface area contributed by atoms with Crippen LogP contribution in [0.3, 0.4) is 0 Å². The fraction of sp³-hybridized carbons (Fsp3) is 0.538. The Morgan fingerprint density at radius 2 is 1.86 bits per heavy atom. The van der Waals surface area contributed by atoms with Gasteiger partial charge < -0.3 is 10.2 Å². The summed E-state index contributed by atoms with van der Waals surface area (Å²) in [6.45, 7) is 4.97. The summed E-state index contributed by atoms with van der Waals surface area (Å²) in [5.41, 5.74) is 0.927. The maximum atomic E-state index is 12.9. The minimum Gasteiger partial charge on any atom is -0.368 e. The summed E-state index contributed by atoms with van der Waals surface area (Å²) in [7, 11) is 3.80. The third kappa shape index (κ3) is 3.44. The molecule has 2 heterocycles. The number of hydrogen-bond donors (Lipinski definition) is 1. The van der Waals surface area contributed by atoms with Gasteiger partial charge in [0.05, 0.1) is 5.39 Å². The maximum Gasteiger partial charge on any atom is 0.451 e. The van der Waals surface area contributed by atoms with Crippen LogP contribution in [0.25, 0.3) is 10.2 Å². The Balaban J connectivity index is 2.48. The molecule has 8 heteroatoms. The first kappa shape index (κ1) is 16.0. The second-order valence-electron chi connectivity index (χ2n) is 5.09. The fourth-order valence-corrected chi connectivity index (χ4v) is 2.93. The molecule has 0 aliphatic heterocycles. The van der Waals surface area contributed by atoms with Crippen molar-refractivity contribution >= 4 is 27.4 Å². The number of fused-ring (bicyclic) bond motifs is 1. The summed E-state index contributed by atoms with van der Waals surface area (Å²) < 4.78 is 38.7. The second kappa shape index (κ2) is 5.76. The molecule has 4 nitrogen and oxygen atoms in total. The van der Waals surface area contributed by atoms with E-state index >= 15 is 0 Å². The van der Waals surface area contributed by atoms with Crippen molar-refractivity contribution in [3.63, 3.8) is 0 Å². The summed E-state index contributed by atoms with van der Waals surface area (Å²) in [4.78, 5) is 10.6. The molecule has 0 fully saturated rings. The number of nitrogens with zero attached hydrogens (tertiary/aromatic N) is 3. The topological polar surface area (TPSA) is 41.1 Å². The lowest BCUT2D eigenvalue weighted by Crippen LogP contribution is -2.22. The molecule has 0 aliphatic rings. The van der Waals surface area contributed by atoms with Crippen LogP contribution in [0, 0.1) is 13.8 Å². The highest BCUT2D eigenvalue weighted by Crippen LogP contribution is 2.36. The fourth-order valence-electron chi connectivity index (χ4n) is 1.90. The average Bonchev–Trinajstić information content (AvgIpc) is 2.63. The Kier molecular flexibility index (Phi) is 4.38. The molecular weight excluding hydrogens is 301 g/mol. The molecular formula is C13H17F3N4S. The SMILES string of the molecule is Cc1sc2nc(C(F)(F)F)nc(NCCN(C)C)c2c1C. The largest absolute Gasteiger partial charge is 0.451 e. The molecule has 0 radical (unpaired) electrons. The lowest BCUT2D eigenvalue weighted by atomic mass is 10.2. The lowest BCUT2D eigenvalue weighted by molar-refractivity contribution is -0.144. The van der Waals surface area contributed by atoms with Crippen LogP contribution >= 0.6 is 11.3 Å². The molecule has 0 aliphatic carbocycles. The van der Waals surface area contributed by atoms with Gasteiger partial charge in [-0.2, -0.15) is 13.2 Å². The predicted molar refractivity (Wildman–Crippen MR) is 78.9 cm³/mol. The normalized spacial score (nSPS) is 12.4. The van der Waals surface area contributed by atoms with Crippen molar-refractivity contribution in [3.05, 3.63) is 16.3 Å². The van der Waals surface area contributed by atoms with E-state index < -0.39 is 12.0 Å². The monoisotopic (exact) mass is 318 g/mol. The van der Waals surface area contributed by atoms with Crippen LogP contribution in [0.2, 0.25) is 0 Å². The molecule has 2 aromatic heterocycles. The highest BCUT2D eigenvalue weighted by molar-refractivity contribution is 7.18. The number of rotatable bonds is 4. The summed E-state index contributed by atoms with van der Waals surface area (Å²) >= 11 is 1.26. The van der Waals surface area contributed by atoms with Crippen LogP contribution in [0.5, 0.6) is 0 Å². The van der Waals surface area contributed by atoms with Gasteiger partial charge in [0.2, 0.25) is 5.82 Å². The van der Waals surface area contributed by atoms with Crippen molar-refractivity contribution in [2.45, 2.75) is 20.0 Å². The number of halogens is 3. The standard InChI is InChI=1S/C13H17F3N4S/c1-7-8(2)21-11-9(7)10(17-5-6-20(3)4)18-12(19-11)13(14,15)16/h5-6H2,1-4H3,(H,17,18,19). The van der Waals surface area contributed by atoms with Crippen LogP contribution in [0.4, 0.5) is 19.0 Å². The third-order valence-corrected chi connectivity index (χ3v) is 4.23. The highest BCUT2D eigenvalue weighted by atomic mass is 32.1. The van der Waals surface area contributed by atoms with Crippen molar-refractivity contribution in [2.75, 3.05) is 32.5 Å². The molecule has 2 rings (SSSR count). The zero-order chi connectivity index (χ0) is 15.8. The number of alkyl halides is 3. The molecule has 2 aromatic rings. The molecule has 116 valence electrons. The van der Waals surface area contributed by atoms with E-state index in [-0.39, 0.29) is 5.82 Å². The molecule has 0 unspecified atom stereocenters. The van der Waals surface area contributed by atoms with Crippen molar-refractivity contribution in [1.82, 2.24) is 14.9 Å². The van der Waals surface area contributed by atoms with Crippen LogP contribution in [-0.4, -0.2) is 42.1 Å². The van der Waals surface area contributed by atoms with E-state index in [9.17, 15) is 13.2 Å². The van der Waals surface area contributed by atoms with E-state index in [2.05, 4.69) is 15.3 Å². The summed E-state index contributed by atoms with van der Waals surface area (Å²) in [6, 6.07) is 0. The Bertz CT molecular complexity index is 649. The Morgan fingerprint density at radius 3 is 2.43 bits per heavy atom. The van der Waals surface area contributed by atoms with Crippen LogP contribution < -0.4 is 5.32 Å². The summed E-state index contributed by atoms with van der Waals surface area (Å²) in [6.07, 6.45) is -4.54. The van der Waals surface area contributed by atoms with E-state index in [0.29, 0.717) is 23.3 Å². The number of likely N-dealkylation sites (N-methyl/N-ethyl adjacent to an activating group) is 1. The smallest absolute Gasteiger partial charge is 0.368 e. The van der Waals surface area contributed by atoms with Gasteiger partial charge in [0.25, 0.3) is 0 Å². The highest BCUT2D eigenvalue weighted by Gasteiger charge is 2.36. The maximum absolute atomic E-state index is 12.9. The van der Waals surface area contributed by atoms with E-state index in [1.165, 1.54) is 11.3 Å². The number of aromatic nitrogens is 2. The van der Waals surface area contributed by atoms with E-state index in [0.717, 1.165) is 10.4 Å². The van der Waals surface area contributed by atoms with Gasteiger partial charge in [0.1, 0.15) is 10.6 Å². The molecule has 0 atom stereocenters. The third-order valence-electron chi connectivity index (χ3n) is 3.13. The zero-order valence-electron chi connectivity index (χ0n) is 12.3. The van der Waals surface area contributed by atoms with Crippen molar-refractivity contribution in [1.29, 1.82) is 0 Å². The van der Waals surface area contributed by atoms with E-state index in [1.807, 2.05) is 32.8 Å². The first-order valence-corrected chi connectivity index (χ1v) is 7.25. The van der Waals surface area contributed by atoms with Crippen molar-refractivity contribution in [2.24, 2.45) is 0 Å². The molecule has 0 spiro atoms. The number of thiophene rings is 1. The molecule has 0 bridgehead atoms. The van der Waals surface area contributed by atoms with E-state index in [4.69, 9.17) is 0 Å². The second-order valence-corrected chi connectivity index (χ2v) is 6.29. The Labute approximate surface area is 125 Å². The van der Waals surface area contributed by atoms with Crippen LogP contribution in [-0.2, 0) is 6.18 Å². The van der Waals surface area contributed by atoms with Crippen LogP contribution in [0.1, 0.15) is 16.3 Å². The minimum absolute atomic E-state index is 0.260. The van der Waals surface area contributed by atoms with Gasteiger partial charge in [-0.25, -0.2) is 9.97 Å². The molecule has 1 N–H and O–H groups in total. The van der Waals surface area contributed by atoms with Gasteiger partial charge in [0.15, 0.2) is 0 Å². The predicted octanol–water partition coefficient (Wildman–Crippen LogP) is 3.30. The van der Waals surface area contributed by atoms with Gasteiger partial charge in [-0.3, -0.25) is 0 Å². The number of anilines is 1. The molecule has 0 amide bonds. The lowest BCUT2D eigenvalue weighted by Gasteiger charge is -2.13.